The average Bonchev–Trinajstić information content (AvgIpc) is 3.87. The molecule has 300 valence electrons. The van der Waals surface area contributed by atoms with E-state index in [-0.39, 0.29) is 30.2 Å². The van der Waals surface area contributed by atoms with Crippen molar-refractivity contribution in [1.29, 1.82) is 0 Å². The molecule has 0 aromatic heterocycles. The van der Waals surface area contributed by atoms with Crippen LogP contribution >= 0.6 is 0 Å². The quantitative estimate of drug-likeness (QED) is 0.116. The van der Waals surface area contributed by atoms with Gasteiger partial charge in [-0.1, -0.05) is 137 Å². The summed E-state index contributed by atoms with van der Waals surface area (Å²) < 4.78 is 0. The van der Waals surface area contributed by atoms with Gasteiger partial charge in [0.25, 0.3) is 0 Å². The molecule has 3 aliphatic carbocycles. The number of rotatable bonds is 6. The summed E-state index contributed by atoms with van der Waals surface area (Å²) in [7, 11) is 0. The topological polar surface area (TPSA) is 0 Å². The molecule has 6 aromatic rings. The summed E-state index contributed by atoms with van der Waals surface area (Å²) in [5.41, 5.74) is 11.8. The molecule has 0 unspecified atom stereocenters. The number of hydrogen-bond acceptors (Lipinski definition) is 0. The van der Waals surface area contributed by atoms with Gasteiger partial charge < -0.3 is 24.8 Å². The number of fused-ring (bicyclic) bond motifs is 2. The number of halogens is 2. The monoisotopic (exact) mass is 888 g/mol. The third-order valence-corrected chi connectivity index (χ3v) is 13.1. The molecule has 0 bridgehead atoms. The van der Waals surface area contributed by atoms with Crippen molar-refractivity contribution in [3.05, 3.63) is 131 Å². The van der Waals surface area contributed by atoms with Gasteiger partial charge in [-0.05, 0) is 90.9 Å². The Morgan fingerprint density at radius 3 is 1.44 bits per heavy atom. The van der Waals surface area contributed by atoms with Crippen LogP contribution in [0, 0.1) is 5.92 Å². The Hall–Kier alpha value is -2.22. The van der Waals surface area contributed by atoms with Crippen molar-refractivity contribution in [1.82, 2.24) is 0 Å². The van der Waals surface area contributed by atoms with E-state index in [1.54, 1.807) is 34.5 Å². The molecule has 6 aromatic carbocycles. The molecular formula is C53H64Cl2SiZr-2. The number of benzene rings is 4. The molecule has 3 fully saturated rings. The summed E-state index contributed by atoms with van der Waals surface area (Å²) in [6, 6.07) is 42.1. The molecule has 3 saturated carbocycles. The zero-order chi connectivity index (χ0) is 38.1. The Bertz CT molecular complexity index is 2110. The van der Waals surface area contributed by atoms with E-state index < -0.39 is 0 Å². The van der Waals surface area contributed by atoms with E-state index in [1.165, 1.54) is 145 Å². The van der Waals surface area contributed by atoms with E-state index in [9.17, 15) is 0 Å². The van der Waals surface area contributed by atoms with Crippen molar-refractivity contribution in [2.75, 3.05) is 0 Å². The molecule has 0 heterocycles. The first kappa shape index (κ1) is 45.9. The van der Waals surface area contributed by atoms with Crippen LogP contribution in [0.1, 0.15) is 144 Å². The summed E-state index contributed by atoms with van der Waals surface area (Å²) in [6.07, 6.45) is 20.6. The minimum Gasteiger partial charge on any atom is -1.00 e. The third kappa shape index (κ3) is 12.0. The smallest absolute Gasteiger partial charge is 1.00 e. The van der Waals surface area contributed by atoms with Crippen LogP contribution in [0.3, 0.4) is 0 Å². The molecule has 0 N–H and O–H groups in total. The van der Waals surface area contributed by atoms with Gasteiger partial charge in [-0.25, -0.2) is 0 Å². The zero-order valence-electron chi connectivity index (χ0n) is 35.1. The number of aryl methyl sites for hydroxylation is 1. The van der Waals surface area contributed by atoms with E-state index in [0.29, 0.717) is 0 Å². The molecular weight excluding hydrogens is 827 g/mol. The van der Waals surface area contributed by atoms with Gasteiger partial charge in [0, 0.05) is 0 Å². The van der Waals surface area contributed by atoms with E-state index in [1.807, 2.05) is 0 Å². The first-order valence-electron chi connectivity index (χ1n) is 22.0. The van der Waals surface area contributed by atoms with Crippen molar-refractivity contribution in [3.8, 4) is 22.3 Å². The van der Waals surface area contributed by atoms with Crippen LogP contribution in [0.15, 0.2) is 109 Å². The molecule has 4 heteroatoms. The number of hydrogen-bond donors (Lipinski definition) is 0. The summed E-state index contributed by atoms with van der Waals surface area (Å²) >= 11 is 1.74. The molecule has 0 atom stereocenters. The van der Waals surface area contributed by atoms with Crippen LogP contribution in [-0.2, 0) is 29.8 Å². The van der Waals surface area contributed by atoms with Crippen molar-refractivity contribution in [3.63, 3.8) is 0 Å². The maximum atomic E-state index is 2.50. The van der Waals surface area contributed by atoms with E-state index in [4.69, 9.17) is 0 Å². The molecule has 3 aliphatic rings. The predicted octanol–water partition coefficient (Wildman–Crippen LogP) is 10.2. The standard InChI is InChI=1S/C28H33.C23H25.C2H6Si.2ClH.Zr/c1-20-10-12-23(13-11-20)26-18-25-8-5-9-27(28(25)19-26)24-16-14-22(15-17-24)21-6-3-2-4-7-21;1-2-17-15-21-9-6-10-22(23(21)16-17)20-13-11-19(12-14-20)18-7-4-3-5-8-18;1-3-2;;;/h5,8-9,14-21,23H,2-4,6-7,10-13H2,1H3;6,9-16,18H,2-5,7-8H2,1H3;1-2H3;2*1H;/q2*-1;;;;+2/p-2. The van der Waals surface area contributed by atoms with Crippen molar-refractivity contribution >= 4 is 27.0 Å². The molecule has 0 amide bonds. The Morgan fingerprint density at radius 1 is 0.544 bits per heavy atom. The summed E-state index contributed by atoms with van der Waals surface area (Å²) in [5, 5.41) is 5.63. The van der Waals surface area contributed by atoms with Crippen LogP contribution in [0.25, 0.3) is 43.8 Å². The van der Waals surface area contributed by atoms with Gasteiger partial charge in [0.15, 0.2) is 0 Å². The van der Waals surface area contributed by atoms with E-state index >= 15 is 0 Å². The molecule has 0 spiro atoms. The molecule has 0 saturated heterocycles. The molecule has 0 radical (unpaired) electrons. The SMILES string of the molecule is CC1CCC(c2cc3c(-c4ccc(C5CCCCC5)cc4)cccc3[cH-]2)CC1.CCc1cc2c(-c3ccc(C4CCCCC4)cc3)cccc2[cH-]1.C[Si](C)=[Zr+2].[Cl-].[Cl-]. The van der Waals surface area contributed by atoms with Gasteiger partial charge in [0.05, 0.1) is 0 Å². The van der Waals surface area contributed by atoms with Crippen LogP contribution in [0.2, 0.25) is 13.1 Å². The first-order chi connectivity index (χ1) is 26.9. The Labute approximate surface area is 373 Å². The molecule has 0 aliphatic heterocycles. The minimum atomic E-state index is 0. The van der Waals surface area contributed by atoms with Gasteiger partial charge in [-0.2, -0.15) is 12.1 Å². The van der Waals surface area contributed by atoms with Gasteiger partial charge >= 0.3 is 41.9 Å². The zero-order valence-corrected chi connectivity index (χ0v) is 40.0. The fraction of sp³-hybridized carbons (Fsp3) is 0.434. The van der Waals surface area contributed by atoms with Crippen LogP contribution < -0.4 is 24.8 Å². The molecule has 57 heavy (non-hydrogen) atoms. The second-order valence-electron chi connectivity index (χ2n) is 17.5. The van der Waals surface area contributed by atoms with Gasteiger partial charge in [-0.3, -0.25) is 0 Å². The predicted molar refractivity (Wildman–Crippen MR) is 239 cm³/mol. The van der Waals surface area contributed by atoms with Crippen molar-refractivity contribution < 1.29 is 48.1 Å². The summed E-state index contributed by atoms with van der Waals surface area (Å²) in [6.45, 7) is 9.26. The van der Waals surface area contributed by atoms with Crippen LogP contribution in [-0.4, -0.2) is 5.43 Å². The van der Waals surface area contributed by atoms with Crippen LogP contribution in [0.5, 0.6) is 0 Å². The van der Waals surface area contributed by atoms with E-state index in [2.05, 4.69) is 136 Å². The fourth-order valence-electron chi connectivity index (χ4n) is 9.83. The fourth-order valence-corrected chi connectivity index (χ4v) is 9.83. The molecule has 0 nitrogen and oxygen atoms in total. The Balaban J connectivity index is 0.000000196. The van der Waals surface area contributed by atoms with Crippen molar-refractivity contribution in [2.24, 2.45) is 5.92 Å². The second-order valence-corrected chi connectivity index (χ2v) is 26.9. The van der Waals surface area contributed by atoms with Gasteiger partial charge in [0.2, 0.25) is 0 Å². The van der Waals surface area contributed by atoms with E-state index in [0.717, 1.165) is 30.1 Å². The first-order valence-corrected chi connectivity index (χ1v) is 28.1. The molecule has 9 rings (SSSR count). The largest absolute Gasteiger partial charge is 1.00 e. The summed E-state index contributed by atoms with van der Waals surface area (Å²) in [4.78, 5) is 0. The van der Waals surface area contributed by atoms with Crippen LogP contribution in [0.4, 0.5) is 0 Å². The van der Waals surface area contributed by atoms with Gasteiger partial charge in [0.1, 0.15) is 0 Å². The Morgan fingerprint density at radius 2 is 0.982 bits per heavy atom. The van der Waals surface area contributed by atoms with Crippen molar-refractivity contribution in [2.45, 2.75) is 141 Å². The Kier molecular flexibility index (Phi) is 18.0. The third-order valence-electron chi connectivity index (χ3n) is 13.1. The second kappa shape index (κ2) is 22.4. The van der Waals surface area contributed by atoms with Gasteiger partial charge in [-0.15, -0.1) is 69.1 Å². The summed E-state index contributed by atoms with van der Waals surface area (Å²) in [5.74, 6) is 3.26. The maximum absolute atomic E-state index is 2.50. The normalized spacial score (nSPS) is 18.7. The maximum Gasteiger partial charge on any atom is -1.00 e. The average molecular weight is 891 g/mol. The minimum absolute atomic E-state index is 0.